The Morgan fingerprint density at radius 2 is 2.21 bits per heavy atom. The van der Waals surface area contributed by atoms with Crippen LogP contribution in [0.2, 0.25) is 0 Å². The van der Waals surface area contributed by atoms with Gasteiger partial charge in [-0.15, -0.1) is 11.3 Å². The van der Waals surface area contributed by atoms with E-state index in [0.717, 1.165) is 36.3 Å². The van der Waals surface area contributed by atoms with Gasteiger partial charge in [0.15, 0.2) is 0 Å². The average Bonchev–Trinajstić information content (AvgIpc) is 3.18. The van der Waals surface area contributed by atoms with Crippen molar-refractivity contribution in [2.75, 3.05) is 19.6 Å². The second-order valence-corrected chi connectivity index (χ2v) is 7.01. The van der Waals surface area contributed by atoms with E-state index in [1.807, 2.05) is 25.1 Å². The number of urea groups is 1. The SMILES string of the molecule is CCCNC(=O)NC(=O)CN1CCCC1c1nc2ccccc2s1. The van der Waals surface area contributed by atoms with Crippen molar-refractivity contribution in [3.63, 3.8) is 0 Å². The average molecular weight is 346 g/mol. The van der Waals surface area contributed by atoms with E-state index in [4.69, 9.17) is 4.98 Å². The maximum Gasteiger partial charge on any atom is 0.321 e. The monoisotopic (exact) mass is 346 g/mol. The number of hydrogen-bond donors (Lipinski definition) is 2. The summed E-state index contributed by atoms with van der Waals surface area (Å²) in [5.41, 5.74) is 1.01. The lowest BCUT2D eigenvalue weighted by Crippen LogP contribution is -2.44. The zero-order valence-electron chi connectivity index (χ0n) is 13.7. The van der Waals surface area contributed by atoms with E-state index in [2.05, 4.69) is 21.6 Å². The lowest BCUT2D eigenvalue weighted by Gasteiger charge is -2.21. The summed E-state index contributed by atoms with van der Waals surface area (Å²) in [7, 11) is 0. The number of thiazole rings is 1. The fourth-order valence-corrected chi connectivity index (χ4v) is 4.10. The van der Waals surface area contributed by atoms with Crippen LogP contribution in [0.3, 0.4) is 0 Å². The van der Waals surface area contributed by atoms with Gasteiger partial charge in [0.2, 0.25) is 5.91 Å². The van der Waals surface area contributed by atoms with Crippen molar-refractivity contribution < 1.29 is 9.59 Å². The number of rotatable bonds is 5. The maximum atomic E-state index is 12.1. The van der Waals surface area contributed by atoms with E-state index >= 15 is 0 Å². The zero-order chi connectivity index (χ0) is 16.9. The molecular weight excluding hydrogens is 324 g/mol. The van der Waals surface area contributed by atoms with Crippen LogP contribution in [0.5, 0.6) is 0 Å². The fraction of sp³-hybridized carbons (Fsp3) is 0.471. The number of hydrogen-bond acceptors (Lipinski definition) is 5. The lowest BCUT2D eigenvalue weighted by molar-refractivity contribution is -0.121. The molecule has 0 bridgehead atoms. The molecule has 1 aromatic carbocycles. The van der Waals surface area contributed by atoms with Gasteiger partial charge in [0.1, 0.15) is 5.01 Å². The number of likely N-dealkylation sites (tertiary alicyclic amines) is 1. The Balaban J connectivity index is 1.63. The Morgan fingerprint density at radius 1 is 1.38 bits per heavy atom. The van der Waals surface area contributed by atoms with Gasteiger partial charge < -0.3 is 5.32 Å². The van der Waals surface area contributed by atoms with Gasteiger partial charge >= 0.3 is 6.03 Å². The molecule has 1 unspecified atom stereocenters. The number of aromatic nitrogens is 1. The van der Waals surface area contributed by atoms with Gasteiger partial charge in [0, 0.05) is 6.54 Å². The first kappa shape index (κ1) is 16.9. The van der Waals surface area contributed by atoms with Crippen LogP contribution in [0.25, 0.3) is 10.2 Å². The van der Waals surface area contributed by atoms with Crippen LogP contribution in [0.15, 0.2) is 24.3 Å². The number of amides is 3. The van der Waals surface area contributed by atoms with Crippen LogP contribution in [-0.4, -0.2) is 41.5 Å². The Morgan fingerprint density at radius 3 is 3.00 bits per heavy atom. The number of nitrogens with zero attached hydrogens (tertiary/aromatic N) is 2. The van der Waals surface area contributed by atoms with Crippen LogP contribution in [0.1, 0.15) is 37.2 Å². The second kappa shape index (κ2) is 7.72. The topological polar surface area (TPSA) is 74.3 Å². The minimum absolute atomic E-state index is 0.159. The van der Waals surface area contributed by atoms with Crippen molar-refractivity contribution in [3.8, 4) is 0 Å². The fourth-order valence-electron chi connectivity index (χ4n) is 2.96. The molecule has 0 aliphatic carbocycles. The molecule has 0 spiro atoms. The van der Waals surface area contributed by atoms with Crippen LogP contribution in [0, 0.1) is 0 Å². The molecule has 2 aromatic rings. The van der Waals surface area contributed by atoms with E-state index in [1.54, 1.807) is 11.3 Å². The van der Waals surface area contributed by atoms with Crippen molar-refractivity contribution >= 4 is 33.5 Å². The first-order valence-corrected chi connectivity index (χ1v) is 9.16. The van der Waals surface area contributed by atoms with E-state index in [1.165, 1.54) is 4.70 Å². The molecule has 1 fully saturated rings. The summed E-state index contributed by atoms with van der Waals surface area (Å²) >= 11 is 1.69. The van der Waals surface area contributed by atoms with E-state index in [9.17, 15) is 9.59 Å². The number of carbonyl (C=O) groups excluding carboxylic acids is 2. The molecule has 0 radical (unpaired) electrons. The summed E-state index contributed by atoms with van der Waals surface area (Å²) in [6.45, 7) is 3.61. The zero-order valence-corrected chi connectivity index (χ0v) is 14.6. The molecular formula is C17H22N4O2S. The van der Waals surface area contributed by atoms with Crippen molar-refractivity contribution in [2.45, 2.75) is 32.2 Å². The number of fused-ring (bicyclic) bond motifs is 1. The third-order valence-corrected chi connectivity index (χ3v) is 5.23. The highest BCUT2D eigenvalue weighted by Gasteiger charge is 2.30. The highest BCUT2D eigenvalue weighted by molar-refractivity contribution is 7.18. The molecule has 3 amide bonds. The van der Waals surface area contributed by atoms with Crippen molar-refractivity contribution in [1.82, 2.24) is 20.5 Å². The van der Waals surface area contributed by atoms with Gasteiger partial charge in [-0.05, 0) is 37.9 Å². The summed E-state index contributed by atoms with van der Waals surface area (Å²) in [6, 6.07) is 7.82. The van der Waals surface area contributed by atoms with Gasteiger partial charge in [0.05, 0.1) is 22.8 Å². The quantitative estimate of drug-likeness (QED) is 0.873. The second-order valence-electron chi connectivity index (χ2n) is 5.95. The number of para-hydroxylation sites is 1. The Labute approximate surface area is 145 Å². The Bertz CT molecular complexity index is 697. The number of carbonyl (C=O) groups is 2. The summed E-state index contributed by atoms with van der Waals surface area (Å²) in [5.74, 6) is -0.267. The number of benzene rings is 1. The predicted octanol–water partition coefficient (Wildman–Crippen LogP) is 2.67. The van der Waals surface area contributed by atoms with Crippen LogP contribution in [-0.2, 0) is 4.79 Å². The summed E-state index contributed by atoms with van der Waals surface area (Å²) in [4.78, 5) is 30.5. The molecule has 1 aliphatic rings. The van der Waals surface area contributed by atoms with Gasteiger partial charge in [0.25, 0.3) is 0 Å². The highest BCUT2D eigenvalue weighted by atomic mass is 32.1. The molecule has 2 heterocycles. The largest absolute Gasteiger partial charge is 0.338 e. The molecule has 128 valence electrons. The molecule has 3 rings (SSSR count). The first-order chi connectivity index (χ1) is 11.7. The molecule has 2 N–H and O–H groups in total. The molecule has 1 saturated heterocycles. The number of nitrogens with one attached hydrogen (secondary N) is 2. The van der Waals surface area contributed by atoms with Crippen molar-refractivity contribution in [3.05, 3.63) is 29.3 Å². The third-order valence-electron chi connectivity index (χ3n) is 4.09. The molecule has 24 heavy (non-hydrogen) atoms. The minimum atomic E-state index is -0.419. The molecule has 1 aliphatic heterocycles. The number of imide groups is 1. The van der Waals surface area contributed by atoms with Crippen LogP contribution < -0.4 is 10.6 Å². The molecule has 7 heteroatoms. The van der Waals surface area contributed by atoms with E-state index in [-0.39, 0.29) is 18.5 Å². The molecule has 1 aromatic heterocycles. The minimum Gasteiger partial charge on any atom is -0.338 e. The Hall–Kier alpha value is -1.99. The van der Waals surface area contributed by atoms with E-state index in [0.29, 0.717) is 6.54 Å². The lowest BCUT2D eigenvalue weighted by atomic mass is 10.2. The van der Waals surface area contributed by atoms with Gasteiger partial charge in [-0.3, -0.25) is 15.0 Å². The molecule has 0 saturated carbocycles. The van der Waals surface area contributed by atoms with Gasteiger partial charge in [-0.25, -0.2) is 9.78 Å². The van der Waals surface area contributed by atoms with Crippen molar-refractivity contribution in [1.29, 1.82) is 0 Å². The van der Waals surface area contributed by atoms with E-state index < -0.39 is 6.03 Å². The highest BCUT2D eigenvalue weighted by Crippen LogP contribution is 2.36. The molecule has 6 nitrogen and oxygen atoms in total. The van der Waals surface area contributed by atoms with Gasteiger partial charge in [-0.2, -0.15) is 0 Å². The maximum absolute atomic E-state index is 12.1. The summed E-state index contributed by atoms with van der Waals surface area (Å²) in [5, 5.41) is 6.09. The third kappa shape index (κ3) is 3.91. The predicted molar refractivity (Wildman–Crippen MR) is 95.0 cm³/mol. The summed E-state index contributed by atoms with van der Waals surface area (Å²) < 4.78 is 1.17. The normalized spacial score (nSPS) is 18.0. The summed E-state index contributed by atoms with van der Waals surface area (Å²) in [6.07, 6.45) is 2.87. The van der Waals surface area contributed by atoms with Crippen molar-refractivity contribution in [2.24, 2.45) is 0 Å². The van der Waals surface area contributed by atoms with Gasteiger partial charge in [-0.1, -0.05) is 19.1 Å². The smallest absolute Gasteiger partial charge is 0.321 e. The van der Waals surface area contributed by atoms with Crippen LogP contribution >= 0.6 is 11.3 Å². The first-order valence-electron chi connectivity index (χ1n) is 8.34. The van der Waals surface area contributed by atoms with Crippen LogP contribution in [0.4, 0.5) is 4.79 Å². The standard InChI is InChI=1S/C17H22N4O2S/c1-2-9-18-17(23)20-15(22)11-21-10-5-7-13(21)16-19-12-6-3-4-8-14(12)24-16/h3-4,6,8,13H,2,5,7,9-11H2,1H3,(H2,18,20,22,23). The Kier molecular flexibility index (Phi) is 5.42. The molecule has 1 atom stereocenters.